The van der Waals surface area contributed by atoms with E-state index in [-0.39, 0.29) is 36.9 Å². The van der Waals surface area contributed by atoms with E-state index in [9.17, 15) is 22.8 Å². The van der Waals surface area contributed by atoms with Gasteiger partial charge in [0.1, 0.15) is 13.2 Å². The zero-order valence-corrected chi connectivity index (χ0v) is 16.8. The molecule has 2 amide bonds. The fourth-order valence-corrected chi connectivity index (χ4v) is 3.90. The average molecular weight is 434 g/mol. The number of ether oxygens (including phenoxy) is 2. The minimum Gasteiger partial charge on any atom is -0.486 e. The van der Waals surface area contributed by atoms with Crippen LogP contribution in [-0.4, -0.2) is 43.5 Å². The molecule has 2 aromatic rings. The van der Waals surface area contributed by atoms with Crippen LogP contribution in [0.25, 0.3) is 0 Å². The Morgan fingerprint density at radius 2 is 1.84 bits per heavy atom. The molecule has 0 spiro atoms. The number of carbonyl (C=O) groups excluding carboxylic acids is 2. The Balaban J connectivity index is 1.46. The molecule has 0 aromatic heterocycles. The van der Waals surface area contributed by atoms with Gasteiger partial charge in [-0.25, -0.2) is 0 Å². The zero-order valence-electron chi connectivity index (χ0n) is 16.8. The first-order chi connectivity index (χ1) is 14.7. The number of benzene rings is 2. The van der Waals surface area contributed by atoms with Gasteiger partial charge in [0.2, 0.25) is 11.8 Å². The summed E-state index contributed by atoms with van der Waals surface area (Å²) in [4.78, 5) is 28.2. The van der Waals surface area contributed by atoms with Gasteiger partial charge in [-0.05, 0) is 23.8 Å². The van der Waals surface area contributed by atoms with Gasteiger partial charge in [-0.3, -0.25) is 9.59 Å². The van der Waals surface area contributed by atoms with Crippen molar-refractivity contribution < 1.29 is 32.2 Å². The van der Waals surface area contributed by atoms with E-state index < -0.39 is 17.7 Å². The lowest BCUT2D eigenvalue weighted by Gasteiger charge is -2.24. The second-order valence-corrected chi connectivity index (χ2v) is 7.58. The second kappa shape index (κ2) is 8.13. The molecule has 4 rings (SSSR count). The van der Waals surface area contributed by atoms with Gasteiger partial charge in [0.05, 0.1) is 11.5 Å². The van der Waals surface area contributed by atoms with Gasteiger partial charge in [-0.2, -0.15) is 13.2 Å². The van der Waals surface area contributed by atoms with Crippen molar-refractivity contribution in [1.82, 2.24) is 4.90 Å². The number of nitrogens with zero attached hydrogens (tertiary/aromatic N) is 2. The van der Waals surface area contributed by atoms with Gasteiger partial charge >= 0.3 is 6.18 Å². The summed E-state index contributed by atoms with van der Waals surface area (Å²) in [6.45, 7) is 0.830. The molecule has 2 aliphatic heterocycles. The number of alkyl halides is 3. The fraction of sp³-hybridized carbons (Fsp3) is 0.364. The number of fused-ring (bicyclic) bond motifs is 1. The summed E-state index contributed by atoms with van der Waals surface area (Å²) in [6, 6.07) is 10.3. The van der Waals surface area contributed by atoms with Crippen LogP contribution >= 0.6 is 0 Å². The third-order valence-electron chi connectivity index (χ3n) is 5.42. The molecule has 2 heterocycles. The van der Waals surface area contributed by atoms with E-state index >= 15 is 0 Å². The lowest BCUT2D eigenvalue weighted by Crippen LogP contribution is -2.34. The van der Waals surface area contributed by atoms with E-state index in [4.69, 9.17) is 9.47 Å². The van der Waals surface area contributed by atoms with Crippen molar-refractivity contribution in [2.75, 3.05) is 31.7 Å². The highest BCUT2D eigenvalue weighted by Crippen LogP contribution is 2.36. The van der Waals surface area contributed by atoms with Crippen LogP contribution in [0.15, 0.2) is 42.5 Å². The van der Waals surface area contributed by atoms with Crippen LogP contribution in [0.2, 0.25) is 0 Å². The molecule has 1 unspecified atom stereocenters. The summed E-state index contributed by atoms with van der Waals surface area (Å²) in [7, 11) is 1.45. The Bertz CT molecular complexity index is 1010. The molecule has 2 aliphatic rings. The molecule has 0 bridgehead atoms. The van der Waals surface area contributed by atoms with Crippen molar-refractivity contribution in [2.45, 2.75) is 19.1 Å². The Morgan fingerprint density at radius 3 is 2.58 bits per heavy atom. The molecule has 1 saturated heterocycles. The van der Waals surface area contributed by atoms with Crippen LogP contribution in [0.3, 0.4) is 0 Å². The van der Waals surface area contributed by atoms with E-state index in [0.717, 1.165) is 6.07 Å². The highest BCUT2D eigenvalue weighted by atomic mass is 19.4. The number of anilines is 1. The largest absolute Gasteiger partial charge is 0.486 e. The maximum Gasteiger partial charge on any atom is 0.416 e. The van der Waals surface area contributed by atoms with Crippen molar-refractivity contribution in [2.24, 2.45) is 5.92 Å². The van der Waals surface area contributed by atoms with Crippen LogP contribution in [0, 0.1) is 5.92 Å². The van der Waals surface area contributed by atoms with Gasteiger partial charge < -0.3 is 19.3 Å². The monoisotopic (exact) mass is 434 g/mol. The van der Waals surface area contributed by atoms with Crippen molar-refractivity contribution in [3.05, 3.63) is 53.6 Å². The van der Waals surface area contributed by atoms with Crippen LogP contribution < -0.4 is 14.4 Å². The Hall–Kier alpha value is -3.23. The molecule has 0 saturated carbocycles. The number of amides is 2. The highest BCUT2D eigenvalue weighted by Gasteiger charge is 2.38. The number of carbonyl (C=O) groups is 2. The molecule has 6 nitrogen and oxygen atoms in total. The minimum atomic E-state index is -4.50. The zero-order chi connectivity index (χ0) is 22.2. The summed E-state index contributed by atoms with van der Waals surface area (Å²) in [5, 5.41) is 0. The van der Waals surface area contributed by atoms with E-state index in [1.54, 1.807) is 18.2 Å². The molecule has 0 N–H and O–H groups in total. The maximum atomic E-state index is 13.2. The molecule has 164 valence electrons. The molecular formula is C22H21F3N2O4. The van der Waals surface area contributed by atoms with Gasteiger partial charge in [-0.15, -0.1) is 0 Å². The normalized spacial score (nSPS) is 18.3. The van der Waals surface area contributed by atoms with E-state index in [1.165, 1.54) is 35.0 Å². The first-order valence-electron chi connectivity index (χ1n) is 9.84. The van der Waals surface area contributed by atoms with Crippen molar-refractivity contribution in [1.29, 1.82) is 0 Å². The predicted molar refractivity (Wildman–Crippen MR) is 106 cm³/mol. The average Bonchev–Trinajstić information content (AvgIpc) is 3.14. The minimum absolute atomic E-state index is 0.00146. The third-order valence-corrected chi connectivity index (χ3v) is 5.42. The first kappa shape index (κ1) is 21.0. The molecule has 1 fully saturated rings. The molecule has 1 atom stereocenters. The number of hydrogen-bond donors (Lipinski definition) is 0. The van der Waals surface area contributed by atoms with E-state index in [0.29, 0.717) is 30.4 Å². The molecule has 0 radical (unpaired) electrons. The fourth-order valence-electron chi connectivity index (χ4n) is 3.90. The van der Waals surface area contributed by atoms with Crippen LogP contribution in [0.5, 0.6) is 11.5 Å². The molecule has 2 aromatic carbocycles. The first-order valence-corrected chi connectivity index (χ1v) is 9.84. The molecular weight excluding hydrogens is 413 g/mol. The topological polar surface area (TPSA) is 59.1 Å². The Morgan fingerprint density at radius 1 is 1.13 bits per heavy atom. The number of rotatable bonds is 4. The van der Waals surface area contributed by atoms with Crippen molar-refractivity contribution in [3.63, 3.8) is 0 Å². The van der Waals surface area contributed by atoms with Gasteiger partial charge in [0.25, 0.3) is 0 Å². The third kappa shape index (κ3) is 4.30. The van der Waals surface area contributed by atoms with Crippen LogP contribution in [-0.2, 0) is 22.3 Å². The summed E-state index contributed by atoms with van der Waals surface area (Å²) in [5.41, 5.74) is -0.163. The maximum absolute atomic E-state index is 13.2. The quantitative estimate of drug-likeness (QED) is 0.739. The predicted octanol–water partition coefficient (Wildman–Crippen LogP) is 3.49. The molecule has 31 heavy (non-hydrogen) atoms. The second-order valence-electron chi connectivity index (χ2n) is 7.58. The van der Waals surface area contributed by atoms with Crippen molar-refractivity contribution >= 4 is 17.5 Å². The Labute approximate surface area is 177 Å². The van der Waals surface area contributed by atoms with Crippen LogP contribution in [0.1, 0.15) is 17.5 Å². The van der Waals surface area contributed by atoms with Gasteiger partial charge in [0, 0.05) is 38.3 Å². The molecule has 0 aliphatic carbocycles. The van der Waals surface area contributed by atoms with E-state index in [1.807, 2.05) is 0 Å². The van der Waals surface area contributed by atoms with Crippen LogP contribution in [0.4, 0.5) is 18.9 Å². The van der Waals surface area contributed by atoms with Gasteiger partial charge in [-0.1, -0.05) is 18.2 Å². The smallest absolute Gasteiger partial charge is 0.416 e. The SMILES string of the molecule is CN(Cc1ccccc1C(F)(F)F)C(=O)C1CC(=O)N(c2ccc3c(c2)OCCO3)C1. The van der Waals surface area contributed by atoms with E-state index in [2.05, 4.69) is 0 Å². The van der Waals surface area contributed by atoms with Gasteiger partial charge in [0.15, 0.2) is 11.5 Å². The molecule has 9 heteroatoms. The lowest BCUT2D eigenvalue weighted by atomic mass is 10.0. The lowest BCUT2D eigenvalue weighted by molar-refractivity contribution is -0.140. The number of hydrogen-bond acceptors (Lipinski definition) is 4. The summed E-state index contributed by atoms with van der Waals surface area (Å²) in [6.07, 6.45) is -4.50. The highest BCUT2D eigenvalue weighted by molar-refractivity contribution is 6.00. The Kier molecular flexibility index (Phi) is 5.51. The standard InChI is InChI=1S/C22H21F3N2O4/c1-26(12-14-4-2-3-5-17(14)22(23,24)25)21(29)15-10-20(28)27(13-15)16-6-7-18-19(11-16)31-9-8-30-18/h2-7,11,15H,8-10,12-13H2,1H3. The number of halogens is 3. The summed E-state index contributed by atoms with van der Waals surface area (Å²) in [5.74, 6) is -0.0993. The summed E-state index contributed by atoms with van der Waals surface area (Å²) < 4.78 is 50.7. The summed E-state index contributed by atoms with van der Waals surface area (Å²) >= 11 is 0. The van der Waals surface area contributed by atoms with Crippen molar-refractivity contribution in [3.8, 4) is 11.5 Å².